The monoisotopic (exact) mass is 292 g/mol. The van der Waals surface area contributed by atoms with Crippen molar-refractivity contribution in [2.45, 2.75) is 38.1 Å². The first kappa shape index (κ1) is 15.5. The van der Waals surface area contributed by atoms with E-state index in [0.717, 1.165) is 5.56 Å². The van der Waals surface area contributed by atoms with Crippen molar-refractivity contribution in [3.63, 3.8) is 0 Å². The van der Waals surface area contributed by atoms with Crippen LogP contribution in [0, 0.1) is 0 Å². The van der Waals surface area contributed by atoms with Crippen LogP contribution in [0.1, 0.15) is 18.9 Å². The maximum absolute atomic E-state index is 12.0. The van der Waals surface area contributed by atoms with Crippen LogP contribution in [0.15, 0.2) is 30.3 Å². The van der Waals surface area contributed by atoms with E-state index < -0.39 is 18.1 Å². The van der Waals surface area contributed by atoms with Crippen LogP contribution in [-0.4, -0.2) is 46.6 Å². The van der Waals surface area contributed by atoms with Crippen molar-refractivity contribution in [3.8, 4) is 0 Å². The van der Waals surface area contributed by atoms with Crippen LogP contribution in [0.3, 0.4) is 0 Å². The maximum atomic E-state index is 12.0. The first-order chi connectivity index (χ1) is 9.99. The van der Waals surface area contributed by atoms with Gasteiger partial charge in [-0.25, -0.2) is 4.79 Å². The molecule has 0 radical (unpaired) electrons. The van der Waals surface area contributed by atoms with Gasteiger partial charge in [0.2, 0.25) is 5.91 Å². The van der Waals surface area contributed by atoms with Gasteiger partial charge in [0, 0.05) is 13.0 Å². The fourth-order valence-electron chi connectivity index (χ4n) is 2.45. The number of nitrogens with two attached hydrogens (primary N) is 1. The highest BCUT2D eigenvalue weighted by atomic mass is 16.5. The van der Waals surface area contributed by atoms with Crippen molar-refractivity contribution in [2.75, 3.05) is 6.54 Å². The highest BCUT2D eigenvalue weighted by molar-refractivity contribution is 5.87. The van der Waals surface area contributed by atoms with Crippen molar-refractivity contribution >= 4 is 11.9 Å². The molecule has 1 saturated heterocycles. The van der Waals surface area contributed by atoms with E-state index in [4.69, 9.17) is 10.5 Å². The Balaban J connectivity index is 1.97. The van der Waals surface area contributed by atoms with Crippen molar-refractivity contribution in [1.29, 1.82) is 0 Å². The number of hydrogen-bond acceptors (Lipinski definition) is 4. The third-order valence-corrected chi connectivity index (χ3v) is 3.55. The molecular weight excluding hydrogens is 272 g/mol. The minimum Gasteiger partial charge on any atom is -0.480 e. The quantitative estimate of drug-likeness (QED) is 0.829. The average Bonchev–Trinajstić information content (AvgIpc) is 2.89. The summed E-state index contributed by atoms with van der Waals surface area (Å²) < 4.78 is 5.73. The van der Waals surface area contributed by atoms with Crippen LogP contribution in [0.5, 0.6) is 0 Å². The van der Waals surface area contributed by atoms with E-state index in [0.29, 0.717) is 13.0 Å². The molecule has 3 atom stereocenters. The SMILES string of the molecule is CC(N)C(=O)N1C[C@@H](OCc2ccccc2)C[C@H]1C(=O)O. The number of likely N-dealkylation sites (tertiary alicyclic amines) is 1. The van der Waals surface area contributed by atoms with E-state index in [2.05, 4.69) is 0 Å². The minimum atomic E-state index is -1.02. The number of benzene rings is 1. The molecule has 6 nitrogen and oxygen atoms in total. The molecule has 0 spiro atoms. The number of carbonyl (C=O) groups is 2. The molecule has 1 heterocycles. The Labute approximate surface area is 123 Å². The molecule has 0 aromatic heterocycles. The molecule has 0 bridgehead atoms. The zero-order valence-corrected chi connectivity index (χ0v) is 11.9. The van der Waals surface area contributed by atoms with Gasteiger partial charge in [-0.1, -0.05) is 30.3 Å². The summed E-state index contributed by atoms with van der Waals surface area (Å²) in [5.74, 6) is -1.37. The van der Waals surface area contributed by atoms with Gasteiger partial charge in [-0.3, -0.25) is 4.79 Å². The first-order valence-corrected chi connectivity index (χ1v) is 6.93. The van der Waals surface area contributed by atoms with Gasteiger partial charge in [0.05, 0.1) is 18.8 Å². The van der Waals surface area contributed by atoms with Gasteiger partial charge in [-0.05, 0) is 12.5 Å². The Morgan fingerprint density at radius 3 is 2.67 bits per heavy atom. The number of carboxylic acids is 1. The summed E-state index contributed by atoms with van der Waals surface area (Å²) >= 11 is 0. The van der Waals surface area contributed by atoms with E-state index in [1.165, 1.54) is 4.90 Å². The smallest absolute Gasteiger partial charge is 0.326 e. The van der Waals surface area contributed by atoms with Crippen LogP contribution in [0.4, 0.5) is 0 Å². The number of nitrogens with zero attached hydrogens (tertiary/aromatic N) is 1. The number of carboxylic acid groups (broad SMARTS) is 1. The van der Waals surface area contributed by atoms with Gasteiger partial charge in [-0.15, -0.1) is 0 Å². The third-order valence-electron chi connectivity index (χ3n) is 3.55. The number of rotatable bonds is 5. The van der Waals surface area contributed by atoms with E-state index in [1.54, 1.807) is 6.92 Å². The molecule has 1 unspecified atom stereocenters. The maximum Gasteiger partial charge on any atom is 0.326 e. The summed E-state index contributed by atoms with van der Waals surface area (Å²) in [6, 6.07) is 8.06. The van der Waals surface area contributed by atoms with Crippen molar-refractivity contribution in [1.82, 2.24) is 4.90 Å². The van der Waals surface area contributed by atoms with E-state index in [1.807, 2.05) is 30.3 Å². The predicted molar refractivity (Wildman–Crippen MR) is 76.4 cm³/mol. The van der Waals surface area contributed by atoms with E-state index in [-0.39, 0.29) is 18.6 Å². The van der Waals surface area contributed by atoms with Crippen molar-refractivity contribution < 1.29 is 19.4 Å². The summed E-state index contributed by atoms with van der Waals surface area (Å²) in [7, 11) is 0. The summed E-state index contributed by atoms with van der Waals surface area (Å²) in [5, 5.41) is 9.23. The van der Waals surface area contributed by atoms with Crippen molar-refractivity contribution in [3.05, 3.63) is 35.9 Å². The highest BCUT2D eigenvalue weighted by Crippen LogP contribution is 2.22. The molecule has 3 N–H and O–H groups in total. The van der Waals surface area contributed by atoms with Gasteiger partial charge in [0.15, 0.2) is 0 Å². The fourth-order valence-corrected chi connectivity index (χ4v) is 2.45. The van der Waals surface area contributed by atoms with Gasteiger partial charge in [-0.2, -0.15) is 0 Å². The number of ether oxygens (including phenoxy) is 1. The van der Waals surface area contributed by atoms with Crippen LogP contribution < -0.4 is 5.73 Å². The second kappa shape index (κ2) is 6.69. The third kappa shape index (κ3) is 3.80. The van der Waals surface area contributed by atoms with Crippen molar-refractivity contribution in [2.24, 2.45) is 5.73 Å². The van der Waals surface area contributed by atoms with Crippen LogP contribution in [-0.2, 0) is 20.9 Å². The van der Waals surface area contributed by atoms with Crippen LogP contribution >= 0.6 is 0 Å². The lowest BCUT2D eigenvalue weighted by Gasteiger charge is -2.23. The number of aliphatic carboxylic acids is 1. The molecule has 114 valence electrons. The standard InChI is InChI=1S/C15H20N2O4/c1-10(16)14(18)17-8-12(7-13(17)15(19)20)21-9-11-5-3-2-4-6-11/h2-6,10,12-13H,7-9,16H2,1H3,(H,19,20)/t10?,12-,13-/m0/s1. The highest BCUT2D eigenvalue weighted by Gasteiger charge is 2.40. The number of hydrogen-bond donors (Lipinski definition) is 2. The largest absolute Gasteiger partial charge is 0.480 e. The second-order valence-electron chi connectivity index (χ2n) is 5.29. The molecular formula is C15H20N2O4. The predicted octanol–water partition coefficient (Wildman–Crippen LogP) is 0.604. The summed E-state index contributed by atoms with van der Waals surface area (Å²) in [4.78, 5) is 24.5. The Morgan fingerprint density at radius 2 is 2.10 bits per heavy atom. The topological polar surface area (TPSA) is 92.9 Å². The lowest BCUT2D eigenvalue weighted by Crippen LogP contribution is -2.47. The Kier molecular flexibility index (Phi) is 4.93. The van der Waals surface area contributed by atoms with E-state index >= 15 is 0 Å². The summed E-state index contributed by atoms with van der Waals surface area (Å²) in [6.07, 6.45) is 0.00896. The normalized spacial score (nSPS) is 23.0. The van der Waals surface area contributed by atoms with Gasteiger partial charge >= 0.3 is 5.97 Å². The van der Waals surface area contributed by atoms with Gasteiger partial charge in [0.25, 0.3) is 0 Å². The Morgan fingerprint density at radius 1 is 1.43 bits per heavy atom. The molecule has 1 amide bonds. The molecule has 0 saturated carbocycles. The number of carbonyl (C=O) groups excluding carboxylic acids is 1. The molecule has 1 aliphatic rings. The number of amides is 1. The molecule has 1 aliphatic heterocycles. The molecule has 0 aliphatic carbocycles. The van der Waals surface area contributed by atoms with Gasteiger partial charge < -0.3 is 20.5 Å². The first-order valence-electron chi connectivity index (χ1n) is 6.93. The van der Waals surface area contributed by atoms with Gasteiger partial charge in [0.1, 0.15) is 6.04 Å². The van der Waals surface area contributed by atoms with Crippen LogP contribution in [0.25, 0.3) is 0 Å². The molecule has 6 heteroatoms. The summed E-state index contributed by atoms with van der Waals surface area (Å²) in [6.45, 7) is 2.22. The Bertz CT molecular complexity index is 504. The average molecular weight is 292 g/mol. The molecule has 2 rings (SSSR count). The van der Waals surface area contributed by atoms with Crippen LogP contribution in [0.2, 0.25) is 0 Å². The lowest BCUT2D eigenvalue weighted by atomic mass is 10.2. The lowest BCUT2D eigenvalue weighted by molar-refractivity contribution is -0.148. The molecule has 1 aromatic rings. The zero-order valence-electron chi connectivity index (χ0n) is 11.9. The molecule has 21 heavy (non-hydrogen) atoms. The second-order valence-corrected chi connectivity index (χ2v) is 5.29. The fraction of sp³-hybridized carbons (Fsp3) is 0.467. The molecule has 1 aromatic carbocycles. The van der Waals surface area contributed by atoms with E-state index in [9.17, 15) is 14.7 Å². The summed E-state index contributed by atoms with van der Waals surface area (Å²) in [5.41, 5.74) is 6.58. The molecule has 1 fully saturated rings. The Hall–Kier alpha value is -1.92. The minimum absolute atomic E-state index is 0.268. The zero-order chi connectivity index (χ0) is 15.4.